The number of imide groups is 1. The molecule has 11 heteroatoms. The number of hydrogen-bond donors (Lipinski definition) is 0. The lowest BCUT2D eigenvalue weighted by Gasteiger charge is -2.29. The second-order valence-corrected chi connectivity index (χ2v) is 11.8. The second kappa shape index (κ2) is 8.50. The smallest absolute Gasteiger partial charge is 0.277 e. The van der Waals surface area contributed by atoms with E-state index in [1.54, 1.807) is 36.4 Å². The van der Waals surface area contributed by atoms with Gasteiger partial charge in [-0.3, -0.25) is 19.7 Å². The third-order valence-corrected chi connectivity index (χ3v) is 8.47. The van der Waals surface area contributed by atoms with Gasteiger partial charge in [-0.25, -0.2) is 13.3 Å². The topological polar surface area (TPSA) is 133 Å². The number of sulfone groups is 1. The van der Waals surface area contributed by atoms with Crippen LogP contribution in [0.1, 0.15) is 19.8 Å². The van der Waals surface area contributed by atoms with E-state index in [0.717, 1.165) is 16.7 Å². The molecular formula is C28H22N2O8S. The summed E-state index contributed by atoms with van der Waals surface area (Å²) < 4.78 is 35.4. The quantitative estimate of drug-likeness (QED) is 0.244. The molecule has 2 bridgehead atoms. The van der Waals surface area contributed by atoms with Crippen LogP contribution < -0.4 is 9.64 Å². The third kappa shape index (κ3) is 3.72. The Balaban J connectivity index is 1.30. The summed E-state index contributed by atoms with van der Waals surface area (Å²) in [6, 6.07) is 15.4. The highest BCUT2D eigenvalue weighted by atomic mass is 32.2. The van der Waals surface area contributed by atoms with E-state index in [1.807, 2.05) is 6.92 Å². The molecule has 6 rings (SSSR count). The molecule has 39 heavy (non-hydrogen) atoms. The van der Waals surface area contributed by atoms with Crippen molar-refractivity contribution in [3.8, 4) is 5.75 Å². The minimum Gasteiger partial charge on any atom is -0.493 e. The van der Waals surface area contributed by atoms with Crippen molar-refractivity contribution in [3.63, 3.8) is 0 Å². The Morgan fingerprint density at radius 1 is 1.03 bits per heavy atom. The molecule has 198 valence electrons. The zero-order chi connectivity index (χ0) is 27.7. The van der Waals surface area contributed by atoms with Crippen molar-refractivity contribution in [2.24, 2.45) is 0 Å². The summed E-state index contributed by atoms with van der Waals surface area (Å²) in [5.41, 5.74) is 0.433. The molecule has 0 aromatic heterocycles. The zero-order valence-electron chi connectivity index (χ0n) is 21.0. The maximum Gasteiger partial charge on any atom is 0.277 e. The van der Waals surface area contributed by atoms with Gasteiger partial charge in [0.15, 0.2) is 9.84 Å². The molecular weight excluding hydrogens is 524 g/mol. The molecule has 0 aliphatic carbocycles. The van der Waals surface area contributed by atoms with Crippen molar-refractivity contribution < 1.29 is 32.4 Å². The van der Waals surface area contributed by atoms with E-state index >= 15 is 0 Å². The Bertz CT molecular complexity index is 1790. The van der Waals surface area contributed by atoms with Gasteiger partial charge in [0.1, 0.15) is 17.1 Å². The van der Waals surface area contributed by atoms with Crippen molar-refractivity contribution in [1.82, 2.24) is 0 Å². The van der Waals surface area contributed by atoms with Gasteiger partial charge in [-0.2, -0.15) is 0 Å². The fourth-order valence-corrected chi connectivity index (χ4v) is 6.25. The number of nitrogens with zero attached hydrogens (tertiary/aromatic N) is 2. The number of anilines is 1. The highest BCUT2D eigenvalue weighted by Gasteiger charge is 2.61. The predicted octanol–water partition coefficient (Wildman–Crippen LogP) is 4.24. The molecule has 1 unspecified atom stereocenters. The number of nitro benzene ring substituents is 1. The molecule has 0 spiro atoms. The molecule has 3 aliphatic heterocycles. The lowest BCUT2D eigenvalue weighted by molar-refractivity contribution is -0.383. The van der Waals surface area contributed by atoms with Crippen LogP contribution >= 0.6 is 0 Å². The van der Waals surface area contributed by atoms with E-state index < -0.39 is 32.2 Å². The van der Waals surface area contributed by atoms with Gasteiger partial charge < -0.3 is 9.47 Å². The lowest BCUT2D eigenvalue weighted by Crippen LogP contribution is -2.40. The molecule has 3 heterocycles. The van der Waals surface area contributed by atoms with Crippen molar-refractivity contribution >= 4 is 43.8 Å². The first kappa shape index (κ1) is 24.8. The van der Waals surface area contributed by atoms with E-state index in [4.69, 9.17) is 9.47 Å². The van der Waals surface area contributed by atoms with Gasteiger partial charge >= 0.3 is 0 Å². The van der Waals surface area contributed by atoms with Gasteiger partial charge in [-0.05, 0) is 48.9 Å². The summed E-state index contributed by atoms with van der Waals surface area (Å²) in [6.45, 7) is 2.00. The van der Waals surface area contributed by atoms with E-state index in [9.17, 15) is 28.1 Å². The number of carbonyl (C=O) groups is 2. The number of nitro groups is 1. The van der Waals surface area contributed by atoms with Crippen LogP contribution in [-0.2, 0) is 24.2 Å². The molecule has 2 amide bonds. The van der Waals surface area contributed by atoms with Crippen LogP contribution in [-0.4, -0.2) is 43.6 Å². The van der Waals surface area contributed by atoms with Gasteiger partial charge in [-0.15, -0.1) is 0 Å². The number of amides is 2. The van der Waals surface area contributed by atoms with Crippen LogP contribution in [0.4, 0.5) is 11.4 Å². The standard InChI is InChI=1S/C28H22N2O8S/c1-16-15-28(13-14-37-17-7-9-18(10-8-17)39(2,35)36)24-23(25(16)38-28)26(31)29(27(24)32)21-11-12-22(30(33)34)20-6-4-3-5-19(20)21/h3-12H,13-15H2,1-2H3. The number of ether oxygens (including phenoxy) is 2. The fourth-order valence-electron chi connectivity index (χ4n) is 5.62. The van der Waals surface area contributed by atoms with Gasteiger partial charge in [0.25, 0.3) is 17.5 Å². The van der Waals surface area contributed by atoms with Gasteiger partial charge in [0.05, 0.1) is 38.6 Å². The van der Waals surface area contributed by atoms with Crippen LogP contribution in [0.5, 0.6) is 5.75 Å². The SMILES string of the molecule is CC1=C2OC(CCOc3ccc(S(C)(=O)=O)cc3)(C1)C1=C2C(=O)N(c2ccc([N+](=O)[O-])c3ccccc23)C1=O. The first-order chi connectivity index (χ1) is 18.5. The molecule has 0 fully saturated rings. The summed E-state index contributed by atoms with van der Waals surface area (Å²) in [4.78, 5) is 39.8. The Labute approximate surface area is 223 Å². The van der Waals surface area contributed by atoms with Crippen molar-refractivity contribution in [3.05, 3.63) is 93.3 Å². The number of benzene rings is 3. The van der Waals surface area contributed by atoms with E-state index in [-0.39, 0.29) is 40.4 Å². The van der Waals surface area contributed by atoms with Crippen LogP contribution in [0.2, 0.25) is 0 Å². The summed E-state index contributed by atoms with van der Waals surface area (Å²) in [5, 5.41) is 12.3. The number of carbonyl (C=O) groups excluding carboxylic acids is 2. The predicted molar refractivity (Wildman–Crippen MR) is 141 cm³/mol. The Morgan fingerprint density at radius 3 is 2.38 bits per heavy atom. The van der Waals surface area contributed by atoms with Crippen molar-refractivity contribution in [2.45, 2.75) is 30.3 Å². The minimum atomic E-state index is -3.33. The molecule has 3 aliphatic rings. The molecule has 0 N–H and O–H groups in total. The molecule has 1 atom stereocenters. The van der Waals surface area contributed by atoms with Crippen LogP contribution in [0.15, 0.2) is 88.0 Å². The average molecular weight is 547 g/mol. The Kier molecular flexibility index (Phi) is 5.41. The maximum atomic E-state index is 13.8. The van der Waals surface area contributed by atoms with Crippen molar-refractivity contribution in [1.29, 1.82) is 0 Å². The average Bonchev–Trinajstić information content (AvgIpc) is 3.49. The lowest BCUT2D eigenvalue weighted by atomic mass is 9.81. The molecule has 0 saturated heterocycles. The first-order valence-electron chi connectivity index (χ1n) is 12.1. The summed E-state index contributed by atoms with van der Waals surface area (Å²) >= 11 is 0. The zero-order valence-corrected chi connectivity index (χ0v) is 21.8. The number of non-ortho nitro benzene ring substituents is 1. The number of fused-ring (bicyclic) bond motifs is 5. The molecule has 0 saturated carbocycles. The number of rotatable bonds is 7. The van der Waals surface area contributed by atoms with Gasteiger partial charge in [-0.1, -0.05) is 18.2 Å². The summed E-state index contributed by atoms with van der Waals surface area (Å²) in [5.74, 6) is -0.188. The highest BCUT2D eigenvalue weighted by molar-refractivity contribution is 7.90. The van der Waals surface area contributed by atoms with Crippen LogP contribution in [0, 0.1) is 10.1 Å². The number of hydrogen-bond acceptors (Lipinski definition) is 8. The third-order valence-electron chi connectivity index (χ3n) is 7.34. The normalized spacial score (nSPS) is 20.2. The van der Waals surface area contributed by atoms with Crippen LogP contribution in [0.25, 0.3) is 10.8 Å². The summed E-state index contributed by atoms with van der Waals surface area (Å²) in [6.07, 6.45) is 1.82. The first-order valence-corrected chi connectivity index (χ1v) is 14.0. The van der Waals surface area contributed by atoms with E-state index in [0.29, 0.717) is 28.7 Å². The van der Waals surface area contributed by atoms with Gasteiger partial charge in [0.2, 0.25) is 0 Å². The molecule has 3 aromatic carbocycles. The molecule has 0 radical (unpaired) electrons. The van der Waals surface area contributed by atoms with Gasteiger partial charge in [0, 0.05) is 30.6 Å². The van der Waals surface area contributed by atoms with E-state index in [1.165, 1.54) is 24.3 Å². The second-order valence-electron chi connectivity index (χ2n) is 9.83. The molecule has 10 nitrogen and oxygen atoms in total. The fraction of sp³-hybridized carbons (Fsp3) is 0.214. The molecule has 3 aromatic rings. The highest BCUT2D eigenvalue weighted by Crippen LogP contribution is 2.56. The maximum absolute atomic E-state index is 13.8. The minimum absolute atomic E-state index is 0.117. The Hall–Kier alpha value is -4.51. The largest absolute Gasteiger partial charge is 0.493 e. The van der Waals surface area contributed by atoms with Crippen LogP contribution in [0.3, 0.4) is 0 Å². The summed E-state index contributed by atoms with van der Waals surface area (Å²) in [7, 11) is -3.33. The Morgan fingerprint density at radius 2 is 1.72 bits per heavy atom. The monoisotopic (exact) mass is 546 g/mol. The van der Waals surface area contributed by atoms with E-state index in [2.05, 4.69) is 0 Å². The van der Waals surface area contributed by atoms with Crippen molar-refractivity contribution in [2.75, 3.05) is 17.8 Å².